The van der Waals surface area contributed by atoms with Crippen LogP contribution in [0, 0.1) is 5.82 Å². The fraction of sp³-hybridized carbons (Fsp3) is 0.118. The molecule has 0 aliphatic carbocycles. The quantitative estimate of drug-likeness (QED) is 0.608. The van der Waals surface area contributed by atoms with E-state index < -0.39 is 29.2 Å². The molecule has 1 fully saturated rings. The molecule has 0 saturated carbocycles. The zero-order valence-electron chi connectivity index (χ0n) is 13.0. The summed E-state index contributed by atoms with van der Waals surface area (Å²) in [5, 5.41) is 4.96. The lowest BCUT2D eigenvalue weighted by molar-refractivity contribution is -0.134. The van der Waals surface area contributed by atoms with E-state index in [0.717, 1.165) is 6.07 Å². The molecule has 0 bridgehead atoms. The number of halogens is 3. The Morgan fingerprint density at radius 3 is 2.58 bits per heavy atom. The van der Waals surface area contributed by atoms with Crippen molar-refractivity contribution in [3.05, 3.63) is 63.4 Å². The number of fused-ring (bicyclic) bond motifs is 2. The monoisotopic (exact) mass is 393 g/mol. The van der Waals surface area contributed by atoms with Crippen molar-refractivity contribution in [3.8, 4) is 0 Å². The van der Waals surface area contributed by atoms with Crippen LogP contribution in [0.5, 0.6) is 0 Å². The molecule has 6 nitrogen and oxygen atoms in total. The van der Waals surface area contributed by atoms with Crippen molar-refractivity contribution in [2.75, 3.05) is 4.90 Å². The molecule has 4 amide bonds. The van der Waals surface area contributed by atoms with E-state index in [9.17, 15) is 18.8 Å². The molecule has 1 atom stereocenters. The van der Waals surface area contributed by atoms with Crippen LogP contribution < -0.4 is 15.5 Å². The lowest BCUT2D eigenvalue weighted by Gasteiger charge is -2.21. The van der Waals surface area contributed by atoms with Crippen molar-refractivity contribution < 1.29 is 18.8 Å². The predicted octanol–water partition coefficient (Wildman–Crippen LogP) is 2.71. The summed E-state index contributed by atoms with van der Waals surface area (Å²) in [5.41, 5.74) is -1.06. The maximum atomic E-state index is 13.8. The molecule has 2 aromatic rings. The third kappa shape index (κ3) is 2.21. The number of hydrogen-bond donors (Lipinski definition) is 2. The Hall–Kier alpha value is -2.64. The van der Waals surface area contributed by atoms with Gasteiger partial charge in [0, 0.05) is 5.56 Å². The molecule has 2 aromatic carbocycles. The molecular formula is C17H10Cl2FN3O3. The summed E-state index contributed by atoms with van der Waals surface area (Å²) in [6, 6.07) is 7.77. The van der Waals surface area contributed by atoms with Crippen molar-refractivity contribution in [2.45, 2.75) is 12.1 Å². The van der Waals surface area contributed by atoms with Crippen LogP contribution in [0.4, 0.5) is 14.9 Å². The van der Waals surface area contributed by atoms with Gasteiger partial charge < -0.3 is 10.2 Å². The van der Waals surface area contributed by atoms with E-state index in [1.807, 2.05) is 5.32 Å². The van der Waals surface area contributed by atoms with Crippen molar-refractivity contribution in [3.63, 3.8) is 0 Å². The average molecular weight is 394 g/mol. The van der Waals surface area contributed by atoms with Gasteiger partial charge in [0.25, 0.3) is 11.8 Å². The third-order valence-electron chi connectivity index (χ3n) is 4.45. The van der Waals surface area contributed by atoms with E-state index in [0.29, 0.717) is 16.3 Å². The SMILES string of the molecule is O=C1NC(=O)C2(N1)C(=O)N(Cc1cccc(Cl)c1Cl)c1ccc(F)cc12. The summed E-state index contributed by atoms with van der Waals surface area (Å²) in [6.45, 7) is 0.00175. The summed E-state index contributed by atoms with van der Waals surface area (Å²) >= 11 is 12.2. The number of hydrogen-bond acceptors (Lipinski definition) is 3. The summed E-state index contributed by atoms with van der Waals surface area (Å²) < 4.78 is 13.8. The number of benzene rings is 2. The number of imide groups is 1. The molecule has 9 heteroatoms. The fourth-order valence-corrected chi connectivity index (χ4v) is 3.64. The van der Waals surface area contributed by atoms with Gasteiger partial charge in [0.1, 0.15) is 5.82 Å². The Balaban J connectivity index is 1.85. The number of carbonyl (C=O) groups excluding carboxylic acids is 3. The molecule has 1 saturated heterocycles. The Morgan fingerprint density at radius 2 is 1.88 bits per heavy atom. The first-order valence-corrected chi connectivity index (χ1v) is 8.28. The smallest absolute Gasteiger partial charge is 0.312 e. The van der Waals surface area contributed by atoms with Gasteiger partial charge in [-0.15, -0.1) is 0 Å². The maximum Gasteiger partial charge on any atom is 0.323 e. The number of carbonyl (C=O) groups is 3. The van der Waals surface area contributed by atoms with Crippen LogP contribution in [0.25, 0.3) is 0 Å². The highest BCUT2D eigenvalue weighted by atomic mass is 35.5. The lowest BCUT2D eigenvalue weighted by Crippen LogP contribution is -2.52. The second kappa shape index (κ2) is 5.69. The molecule has 1 spiro atoms. The molecule has 2 N–H and O–H groups in total. The molecule has 4 rings (SSSR count). The predicted molar refractivity (Wildman–Crippen MR) is 92.4 cm³/mol. The van der Waals surface area contributed by atoms with E-state index in [1.54, 1.807) is 18.2 Å². The largest absolute Gasteiger partial charge is 0.323 e. The Morgan fingerprint density at radius 1 is 1.12 bits per heavy atom. The van der Waals surface area contributed by atoms with Crippen molar-refractivity contribution in [2.24, 2.45) is 0 Å². The number of nitrogens with zero attached hydrogens (tertiary/aromatic N) is 1. The highest BCUT2D eigenvalue weighted by Crippen LogP contribution is 2.43. The fourth-order valence-electron chi connectivity index (χ4n) is 3.26. The minimum absolute atomic E-state index is 0.00175. The van der Waals surface area contributed by atoms with E-state index >= 15 is 0 Å². The maximum absolute atomic E-state index is 13.8. The van der Waals surface area contributed by atoms with Gasteiger partial charge in [-0.25, -0.2) is 9.18 Å². The van der Waals surface area contributed by atoms with E-state index in [1.165, 1.54) is 17.0 Å². The minimum Gasteiger partial charge on any atom is -0.312 e. The normalized spacial score (nSPS) is 21.2. The van der Waals surface area contributed by atoms with Gasteiger partial charge in [0.2, 0.25) is 5.54 Å². The molecule has 0 radical (unpaired) electrons. The lowest BCUT2D eigenvalue weighted by atomic mass is 9.91. The van der Waals surface area contributed by atoms with Crippen molar-refractivity contribution in [1.82, 2.24) is 10.6 Å². The average Bonchev–Trinajstić information content (AvgIpc) is 3.01. The third-order valence-corrected chi connectivity index (χ3v) is 5.31. The first kappa shape index (κ1) is 16.8. The molecule has 1 unspecified atom stereocenters. The highest BCUT2D eigenvalue weighted by molar-refractivity contribution is 6.42. The van der Waals surface area contributed by atoms with Gasteiger partial charge in [0.05, 0.1) is 22.3 Å². The van der Waals surface area contributed by atoms with Crippen LogP contribution in [-0.2, 0) is 21.7 Å². The molecule has 2 aliphatic heterocycles. The van der Waals surface area contributed by atoms with Gasteiger partial charge in [-0.05, 0) is 29.8 Å². The van der Waals surface area contributed by atoms with Crippen molar-refractivity contribution >= 4 is 46.7 Å². The van der Waals surface area contributed by atoms with Crippen LogP contribution in [0.2, 0.25) is 10.0 Å². The van der Waals surface area contributed by atoms with Crippen LogP contribution in [0.15, 0.2) is 36.4 Å². The molecular weight excluding hydrogens is 384 g/mol. The number of rotatable bonds is 2. The molecule has 2 aliphatic rings. The van der Waals surface area contributed by atoms with E-state index in [2.05, 4.69) is 5.32 Å². The van der Waals surface area contributed by atoms with E-state index in [4.69, 9.17) is 23.2 Å². The summed E-state index contributed by atoms with van der Waals surface area (Å²) in [4.78, 5) is 38.5. The molecule has 132 valence electrons. The van der Waals surface area contributed by atoms with Gasteiger partial charge in [0.15, 0.2) is 0 Å². The topological polar surface area (TPSA) is 78.5 Å². The summed E-state index contributed by atoms with van der Waals surface area (Å²) in [6.07, 6.45) is 0. The van der Waals surface area contributed by atoms with Gasteiger partial charge in [-0.3, -0.25) is 14.9 Å². The molecule has 0 aromatic heterocycles. The van der Waals surface area contributed by atoms with Crippen LogP contribution in [-0.4, -0.2) is 17.8 Å². The van der Waals surface area contributed by atoms with Crippen molar-refractivity contribution in [1.29, 1.82) is 0 Å². The number of nitrogens with one attached hydrogen (secondary N) is 2. The number of urea groups is 1. The molecule has 26 heavy (non-hydrogen) atoms. The van der Waals surface area contributed by atoms with Crippen LogP contribution in [0.1, 0.15) is 11.1 Å². The van der Waals surface area contributed by atoms with Crippen LogP contribution in [0.3, 0.4) is 0 Å². The zero-order chi connectivity index (χ0) is 18.6. The molecule has 2 heterocycles. The second-order valence-electron chi connectivity index (χ2n) is 5.92. The second-order valence-corrected chi connectivity index (χ2v) is 6.71. The highest BCUT2D eigenvalue weighted by Gasteiger charge is 2.61. The Bertz CT molecular complexity index is 997. The first-order chi connectivity index (χ1) is 12.3. The van der Waals surface area contributed by atoms with E-state index in [-0.39, 0.29) is 17.1 Å². The minimum atomic E-state index is -1.99. The Kier molecular flexibility index (Phi) is 3.68. The summed E-state index contributed by atoms with van der Waals surface area (Å²) in [5.74, 6) is -2.18. The summed E-state index contributed by atoms with van der Waals surface area (Å²) in [7, 11) is 0. The zero-order valence-corrected chi connectivity index (χ0v) is 14.5. The number of anilines is 1. The van der Waals surface area contributed by atoms with Gasteiger partial charge in [-0.1, -0.05) is 35.3 Å². The van der Waals surface area contributed by atoms with Gasteiger partial charge in [-0.2, -0.15) is 0 Å². The number of amides is 4. The first-order valence-electron chi connectivity index (χ1n) is 7.53. The van der Waals surface area contributed by atoms with Crippen LogP contribution >= 0.6 is 23.2 Å². The van der Waals surface area contributed by atoms with Gasteiger partial charge >= 0.3 is 6.03 Å². The standard InChI is InChI=1S/C17H10Cl2FN3O3/c18-11-3-1-2-8(13(11)19)7-23-12-5-4-9(20)6-10(12)17(15(23)25)14(24)21-16(26)22-17/h1-6H,7H2,(H2,21,22,24,26). The Labute approximate surface area is 156 Å².